The highest BCUT2D eigenvalue weighted by Crippen LogP contribution is 2.39. The van der Waals surface area contributed by atoms with Gasteiger partial charge in [-0.05, 0) is 24.3 Å². The van der Waals surface area contributed by atoms with Crippen LogP contribution in [0.2, 0.25) is 0 Å². The molecule has 0 aliphatic carbocycles. The van der Waals surface area contributed by atoms with Crippen molar-refractivity contribution in [1.82, 2.24) is 14.9 Å². The van der Waals surface area contributed by atoms with Crippen molar-refractivity contribution in [2.24, 2.45) is 0 Å². The molecule has 7 heteroatoms. The number of hydrogen-bond donors (Lipinski definition) is 1. The van der Waals surface area contributed by atoms with E-state index in [1.165, 1.54) is 0 Å². The number of ether oxygens (including phenoxy) is 1. The third kappa shape index (κ3) is 3.23. The highest BCUT2D eigenvalue weighted by atomic mass is 32.1. The fourth-order valence-electron chi connectivity index (χ4n) is 3.52. The van der Waals surface area contributed by atoms with Gasteiger partial charge >= 0.3 is 0 Å². The van der Waals surface area contributed by atoms with E-state index in [9.17, 15) is 5.11 Å². The van der Waals surface area contributed by atoms with Gasteiger partial charge in [0.1, 0.15) is 17.9 Å². The SMILES string of the molecule is Cc1nc(CN2CCOc3c(O)cc(-c4nc5ccccc5s4)cc3C2)co1. The molecule has 2 aromatic carbocycles. The Hall–Kier alpha value is -2.90. The molecule has 5 rings (SSSR count). The third-order valence-electron chi connectivity index (χ3n) is 4.79. The van der Waals surface area contributed by atoms with Crippen LogP contribution < -0.4 is 4.74 Å². The van der Waals surface area contributed by atoms with Gasteiger partial charge in [-0.1, -0.05) is 12.1 Å². The Labute approximate surface area is 166 Å². The van der Waals surface area contributed by atoms with Crippen molar-refractivity contribution in [2.75, 3.05) is 13.2 Å². The lowest BCUT2D eigenvalue weighted by atomic mass is 10.1. The first kappa shape index (κ1) is 17.2. The minimum atomic E-state index is 0.158. The summed E-state index contributed by atoms with van der Waals surface area (Å²) in [6.45, 7) is 4.43. The number of benzene rings is 2. The smallest absolute Gasteiger partial charge is 0.191 e. The van der Waals surface area contributed by atoms with E-state index in [-0.39, 0.29) is 5.75 Å². The minimum Gasteiger partial charge on any atom is -0.504 e. The van der Waals surface area contributed by atoms with E-state index in [4.69, 9.17) is 14.1 Å². The molecule has 4 aromatic rings. The molecule has 0 saturated carbocycles. The summed E-state index contributed by atoms with van der Waals surface area (Å²) in [5.74, 6) is 1.38. The zero-order chi connectivity index (χ0) is 19.1. The van der Waals surface area contributed by atoms with Gasteiger partial charge in [-0.15, -0.1) is 11.3 Å². The van der Waals surface area contributed by atoms with Crippen LogP contribution in [0, 0.1) is 6.92 Å². The standard InChI is InChI=1S/C21H19N3O3S/c1-13-22-16(12-27-13)11-24-6-7-26-20-15(10-24)8-14(9-18(20)25)21-23-17-4-2-3-5-19(17)28-21/h2-5,8-9,12,25H,6-7,10-11H2,1H3. The third-order valence-corrected chi connectivity index (χ3v) is 5.87. The topological polar surface area (TPSA) is 71.6 Å². The average molecular weight is 393 g/mol. The Morgan fingerprint density at radius 1 is 1.21 bits per heavy atom. The van der Waals surface area contributed by atoms with Gasteiger partial charge in [0.2, 0.25) is 0 Å². The normalized spacial score (nSPS) is 14.6. The molecule has 2 aromatic heterocycles. The molecule has 0 fully saturated rings. The summed E-state index contributed by atoms with van der Waals surface area (Å²) in [4.78, 5) is 11.3. The summed E-state index contributed by atoms with van der Waals surface area (Å²) in [5, 5.41) is 11.5. The number of aromatic hydroxyl groups is 1. The highest BCUT2D eigenvalue weighted by Gasteiger charge is 2.21. The second kappa shape index (κ2) is 6.92. The highest BCUT2D eigenvalue weighted by molar-refractivity contribution is 7.21. The molecule has 0 bridgehead atoms. The van der Waals surface area contributed by atoms with Gasteiger partial charge in [0.25, 0.3) is 0 Å². The molecular formula is C21H19N3O3S. The average Bonchev–Trinajstić information content (AvgIpc) is 3.23. The first-order chi connectivity index (χ1) is 13.7. The zero-order valence-electron chi connectivity index (χ0n) is 15.4. The zero-order valence-corrected chi connectivity index (χ0v) is 16.2. The molecule has 1 aliphatic rings. The summed E-state index contributed by atoms with van der Waals surface area (Å²) >= 11 is 1.62. The molecule has 0 saturated heterocycles. The molecule has 1 N–H and O–H groups in total. The fraction of sp³-hybridized carbons (Fsp3) is 0.238. The fourth-order valence-corrected chi connectivity index (χ4v) is 4.47. The van der Waals surface area contributed by atoms with Crippen LogP contribution >= 0.6 is 11.3 Å². The summed E-state index contributed by atoms with van der Waals surface area (Å²) in [5.41, 5.74) is 3.72. The van der Waals surface area contributed by atoms with E-state index in [2.05, 4.69) is 22.0 Å². The number of hydrogen-bond acceptors (Lipinski definition) is 7. The number of aryl methyl sites for hydroxylation is 1. The van der Waals surface area contributed by atoms with Crippen molar-refractivity contribution in [1.29, 1.82) is 0 Å². The van der Waals surface area contributed by atoms with Gasteiger partial charge in [0, 0.05) is 37.7 Å². The van der Waals surface area contributed by atoms with Gasteiger partial charge in [-0.3, -0.25) is 4.90 Å². The first-order valence-electron chi connectivity index (χ1n) is 9.14. The van der Waals surface area contributed by atoms with E-state index in [0.29, 0.717) is 31.3 Å². The van der Waals surface area contributed by atoms with Crippen LogP contribution in [0.25, 0.3) is 20.8 Å². The number of rotatable bonds is 3. The Morgan fingerprint density at radius 3 is 2.93 bits per heavy atom. The van der Waals surface area contributed by atoms with E-state index >= 15 is 0 Å². The van der Waals surface area contributed by atoms with Crippen molar-refractivity contribution in [2.45, 2.75) is 20.0 Å². The van der Waals surface area contributed by atoms with Crippen LogP contribution in [-0.2, 0) is 13.1 Å². The summed E-state index contributed by atoms with van der Waals surface area (Å²) < 4.78 is 12.3. The van der Waals surface area contributed by atoms with Crippen LogP contribution in [0.1, 0.15) is 17.1 Å². The maximum Gasteiger partial charge on any atom is 0.191 e. The lowest BCUT2D eigenvalue weighted by Gasteiger charge is -2.17. The van der Waals surface area contributed by atoms with Gasteiger partial charge in [-0.2, -0.15) is 0 Å². The molecule has 0 radical (unpaired) electrons. The van der Waals surface area contributed by atoms with Gasteiger partial charge in [-0.25, -0.2) is 9.97 Å². The van der Waals surface area contributed by atoms with Crippen molar-refractivity contribution in [3.8, 4) is 22.1 Å². The number of phenols is 1. The Morgan fingerprint density at radius 2 is 2.11 bits per heavy atom. The second-order valence-electron chi connectivity index (χ2n) is 6.89. The van der Waals surface area contributed by atoms with E-state index in [1.54, 1.807) is 23.7 Å². The molecule has 0 unspecified atom stereocenters. The Balaban J connectivity index is 1.49. The quantitative estimate of drug-likeness (QED) is 0.558. The summed E-state index contributed by atoms with van der Waals surface area (Å²) in [7, 11) is 0. The number of oxazole rings is 1. The van der Waals surface area contributed by atoms with Gasteiger partial charge in [0.15, 0.2) is 17.4 Å². The van der Waals surface area contributed by atoms with Crippen LogP contribution in [0.5, 0.6) is 11.5 Å². The maximum atomic E-state index is 10.6. The largest absolute Gasteiger partial charge is 0.504 e. The number of fused-ring (bicyclic) bond motifs is 2. The summed E-state index contributed by atoms with van der Waals surface area (Å²) in [6, 6.07) is 11.9. The van der Waals surface area contributed by atoms with E-state index < -0.39 is 0 Å². The maximum absolute atomic E-state index is 10.6. The molecule has 1 aliphatic heterocycles. The van der Waals surface area contributed by atoms with E-state index in [0.717, 1.165) is 38.6 Å². The minimum absolute atomic E-state index is 0.158. The number of phenolic OH excluding ortho intramolecular Hbond substituents is 1. The first-order valence-corrected chi connectivity index (χ1v) is 9.95. The Bertz CT molecular complexity index is 1120. The predicted molar refractivity (Wildman–Crippen MR) is 108 cm³/mol. The van der Waals surface area contributed by atoms with Crippen molar-refractivity contribution in [3.05, 3.63) is 59.8 Å². The molecule has 28 heavy (non-hydrogen) atoms. The van der Waals surface area contributed by atoms with Crippen molar-refractivity contribution < 1.29 is 14.3 Å². The van der Waals surface area contributed by atoms with Crippen LogP contribution in [0.15, 0.2) is 47.1 Å². The van der Waals surface area contributed by atoms with E-state index in [1.807, 2.05) is 25.1 Å². The molecule has 0 atom stereocenters. The molecule has 3 heterocycles. The van der Waals surface area contributed by atoms with Gasteiger partial charge < -0.3 is 14.3 Å². The number of thiazole rings is 1. The number of aromatic nitrogens is 2. The lowest BCUT2D eigenvalue weighted by Crippen LogP contribution is -2.25. The van der Waals surface area contributed by atoms with Crippen molar-refractivity contribution >= 4 is 21.6 Å². The van der Waals surface area contributed by atoms with Crippen molar-refractivity contribution in [3.63, 3.8) is 0 Å². The van der Waals surface area contributed by atoms with Crippen LogP contribution in [-0.4, -0.2) is 33.1 Å². The molecule has 142 valence electrons. The van der Waals surface area contributed by atoms with Crippen LogP contribution in [0.3, 0.4) is 0 Å². The number of nitrogens with zero attached hydrogens (tertiary/aromatic N) is 3. The molecule has 6 nitrogen and oxygen atoms in total. The molecular weight excluding hydrogens is 374 g/mol. The van der Waals surface area contributed by atoms with Gasteiger partial charge in [0.05, 0.1) is 15.9 Å². The number of para-hydroxylation sites is 1. The second-order valence-corrected chi connectivity index (χ2v) is 7.92. The Kier molecular flexibility index (Phi) is 4.26. The predicted octanol–water partition coefficient (Wildman–Crippen LogP) is 4.36. The lowest BCUT2D eigenvalue weighted by molar-refractivity contribution is 0.215. The molecule has 0 spiro atoms. The molecule has 0 amide bonds. The summed E-state index contributed by atoms with van der Waals surface area (Å²) in [6.07, 6.45) is 1.69. The van der Waals surface area contributed by atoms with Crippen LogP contribution in [0.4, 0.5) is 0 Å². The monoisotopic (exact) mass is 393 g/mol.